The van der Waals surface area contributed by atoms with E-state index < -0.39 is 8.15 Å². The lowest BCUT2D eigenvalue weighted by Crippen LogP contribution is -2.16. The van der Waals surface area contributed by atoms with Crippen LogP contribution in [0.1, 0.15) is 0 Å². The topological polar surface area (TPSA) is 44.9 Å². The van der Waals surface area contributed by atoms with Crippen LogP contribution in [0.5, 0.6) is 5.75 Å². The van der Waals surface area contributed by atoms with Crippen LogP contribution in [0.4, 0.5) is 0 Å². The number of aromatic nitrogens is 4. The molecule has 0 bridgehead atoms. The van der Waals surface area contributed by atoms with Crippen molar-refractivity contribution >= 4 is 40.8 Å². The number of para-hydroxylation sites is 5. The smallest absolute Gasteiger partial charge is 0.150 e. The number of fused-ring (bicyclic) bond motifs is 2. The van der Waals surface area contributed by atoms with E-state index in [1.165, 1.54) is 0 Å². The number of imidazole rings is 2. The monoisotopic (exact) mass is 662 g/mol. The molecule has 7 aromatic carbocycles. The first-order chi connectivity index (χ1) is 24.8. The van der Waals surface area contributed by atoms with Crippen molar-refractivity contribution in [3.8, 4) is 39.9 Å². The van der Waals surface area contributed by atoms with Crippen molar-refractivity contribution in [3.05, 3.63) is 188 Å². The highest BCUT2D eigenvalue weighted by molar-refractivity contribution is 7.68. The van der Waals surface area contributed by atoms with Crippen LogP contribution in [-0.4, -0.2) is 19.1 Å². The lowest BCUT2D eigenvalue weighted by molar-refractivity contribution is 0.630. The Morgan fingerprint density at radius 2 is 0.760 bits per heavy atom. The summed E-state index contributed by atoms with van der Waals surface area (Å²) in [6.45, 7) is 0. The highest BCUT2D eigenvalue weighted by atomic mass is 31.1. The van der Waals surface area contributed by atoms with E-state index >= 15 is 0 Å². The maximum absolute atomic E-state index is 6.80. The summed E-state index contributed by atoms with van der Waals surface area (Å²) in [5.74, 6) is 2.67. The summed E-state index contributed by atoms with van der Waals surface area (Å²) in [7, 11) is -1.19. The molecule has 0 N–H and O–H groups in total. The average molecular weight is 663 g/mol. The molecule has 0 amide bonds. The molecule has 2 aromatic heterocycles. The van der Waals surface area contributed by atoms with Gasteiger partial charge in [0, 0.05) is 33.1 Å². The minimum atomic E-state index is -1.19. The molecule has 0 saturated heterocycles. The van der Waals surface area contributed by atoms with Crippen molar-refractivity contribution in [2.24, 2.45) is 0 Å². The predicted octanol–water partition coefficient (Wildman–Crippen LogP) is 10.1. The second kappa shape index (κ2) is 13.0. The zero-order chi connectivity index (χ0) is 33.3. The summed E-state index contributed by atoms with van der Waals surface area (Å²) in [5.41, 5.74) is 8.31. The van der Waals surface area contributed by atoms with Crippen LogP contribution in [0.15, 0.2) is 188 Å². The van der Waals surface area contributed by atoms with Gasteiger partial charge in [-0.1, -0.05) is 103 Å². The van der Waals surface area contributed by atoms with Gasteiger partial charge in [0.15, 0.2) is 8.15 Å². The van der Waals surface area contributed by atoms with Gasteiger partial charge in [-0.15, -0.1) is 0 Å². The van der Waals surface area contributed by atoms with Crippen LogP contribution >= 0.6 is 8.15 Å². The number of nitrogens with zero attached hydrogens (tertiary/aromatic N) is 4. The molecule has 0 aliphatic rings. The lowest BCUT2D eigenvalue weighted by atomic mass is 10.2. The van der Waals surface area contributed by atoms with Crippen LogP contribution < -0.4 is 15.1 Å². The van der Waals surface area contributed by atoms with Crippen LogP contribution in [0.3, 0.4) is 0 Å². The first-order valence-corrected chi connectivity index (χ1v) is 17.9. The first kappa shape index (κ1) is 29.8. The molecule has 5 nitrogen and oxygen atoms in total. The zero-order valence-electron chi connectivity index (χ0n) is 27.0. The molecule has 0 aliphatic carbocycles. The van der Waals surface area contributed by atoms with E-state index in [1.54, 1.807) is 0 Å². The molecule has 9 aromatic rings. The second-order valence-electron chi connectivity index (χ2n) is 12.0. The van der Waals surface area contributed by atoms with E-state index in [9.17, 15) is 0 Å². The molecule has 0 fully saturated rings. The standard InChI is InChI=1S/C44H31N4OP/c1-4-14-32(15-5-1)43-45-39-20-10-12-22-41(39)47(43)34-24-28-37(29-25-34)50(49-36-18-8-3-9-19-36)38-30-26-35(27-31-38)48-42-23-13-11-21-40(42)46-44(48)33-16-6-2-7-17-33/h1-31H. The molecule has 0 unspecified atom stereocenters. The summed E-state index contributed by atoms with van der Waals surface area (Å²) < 4.78 is 11.3. The van der Waals surface area contributed by atoms with Gasteiger partial charge in [0.2, 0.25) is 0 Å². The molecule has 0 atom stereocenters. The predicted molar refractivity (Wildman–Crippen MR) is 206 cm³/mol. The Morgan fingerprint density at radius 3 is 1.20 bits per heavy atom. The van der Waals surface area contributed by atoms with Gasteiger partial charge in [0.05, 0.1) is 22.1 Å². The average Bonchev–Trinajstić information content (AvgIpc) is 3.78. The van der Waals surface area contributed by atoms with Gasteiger partial charge in [-0.3, -0.25) is 9.13 Å². The minimum Gasteiger partial charge on any atom is -0.464 e. The third kappa shape index (κ3) is 5.54. The highest BCUT2D eigenvalue weighted by Crippen LogP contribution is 2.38. The third-order valence-electron chi connectivity index (χ3n) is 8.81. The summed E-state index contributed by atoms with van der Waals surface area (Å²) >= 11 is 0. The molecule has 9 rings (SSSR count). The SMILES string of the molecule is c1ccc(OP(c2ccc(-n3c(-c4ccccc4)nc4ccccc43)cc2)c2ccc(-n3c(-c4ccccc4)nc4ccccc43)cc2)cc1. The van der Waals surface area contributed by atoms with Gasteiger partial charge in [-0.2, -0.15) is 0 Å². The summed E-state index contributed by atoms with van der Waals surface area (Å²) in [4.78, 5) is 10.1. The fraction of sp³-hybridized carbons (Fsp3) is 0. The Hall–Kier alpha value is -6.29. The molecule has 238 valence electrons. The van der Waals surface area contributed by atoms with Crippen LogP contribution in [0, 0.1) is 0 Å². The van der Waals surface area contributed by atoms with Gasteiger partial charge < -0.3 is 4.52 Å². The fourth-order valence-corrected chi connectivity index (χ4v) is 8.13. The Bertz CT molecular complexity index is 2380. The normalized spacial score (nSPS) is 11.4. The summed E-state index contributed by atoms with van der Waals surface area (Å²) in [5, 5.41) is 2.23. The van der Waals surface area contributed by atoms with Crippen LogP contribution in [0.25, 0.3) is 56.2 Å². The summed E-state index contributed by atoms with van der Waals surface area (Å²) in [6, 6.07) is 64.9. The molecule has 50 heavy (non-hydrogen) atoms. The van der Waals surface area contributed by atoms with Gasteiger partial charge in [0.25, 0.3) is 0 Å². The molecule has 0 radical (unpaired) electrons. The largest absolute Gasteiger partial charge is 0.464 e. The first-order valence-electron chi connectivity index (χ1n) is 16.6. The number of hydrogen-bond acceptors (Lipinski definition) is 3. The van der Waals surface area contributed by atoms with Crippen molar-refractivity contribution in [3.63, 3.8) is 0 Å². The van der Waals surface area contributed by atoms with E-state index in [-0.39, 0.29) is 0 Å². The number of benzene rings is 7. The quantitative estimate of drug-likeness (QED) is 0.152. The van der Waals surface area contributed by atoms with Crippen LogP contribution in [-0.2, 0) is 0 Å². The molecular weight excluding hydrogens is 631 g/mol. The van der Waals surface area contributed by atoms with Crippen molar-refractivity contribution < 1.29 is 4.52 Å². The van der Waals surface area contributed by atoms with Crippen LogP contribution in [0.2, 0.25) is 0 Å². The molecular formula is C44H31N4OP. The highest BCUT2D eigenvalue weighted by Gasteiger charge is 2.21. The van der Waals surface area contributed by atoms with E-state index in [2.05, 4.69) is 143 Å². The van der Waals surface area contributed by atoms with Gasteiger partial charge in [-0.25, -0.2) is 9.97 Å². The second-order valence-corrected chi connectivity index (χ2v) is 13.8. The summed E-state index contributed by atoms with van der Waals surface area (Å²) in [6.07, 6.45) is 0. The Labute approximate surface area is 291 Å². The van der Waals surface area contributed by atoms with Gasteiger partial charge in [0.1, 0.15) is 17.4 Å². The number of rotatable bonds is 8. The number of hydrogen-bond donors (Lipinski definition) is 0. The zero-order valence-corrected chi connectivity index (χ0v) is 27.9. The van der Waals surface area contributed by atoms with E-state index in [1.807, 2.05) is 54.6 Å². The lowest BCUT2D eigenvalue weighted by Gasteiger charge is -2.21. The minimum absolute atomic E-state index is 0.839. The molecule has 0 aliphatic heterocycles. The van der Waals surface area contributed by atoms with E-state index in [4.69, 9.17) is 14.5 Å². The van der Waals surface area contributed by atoms with E-state index in [0.29, 0.717) is 0 Å². The fourth-order valence-electron chi connectivity index (χ4n) is 6.45. The Kier molecular flexibility index (Phi) is 7.73. The van der Waals surface area contributed by atoms with Crippen molar-refractivity contribution in [2.45, 2.75) is 0 Å². The molecule has 2 heterocycles. The molecule has 6 heteroatoms. The Morgan fingerprint density at radius 1 is 0.380 bits per heavy atom. The molecule has 0 spiro atoms. The molecule has 0 saturated carbocycles. The van der Waals surface area contributed by atoms with Crippen molar-refractivity contribution in [1.82, 2.24) is 19.1 Å². The maximum Gasteiger partial charge on any atom is 0.150 e. The Balaban J connectivity index is 1.12. The van der Waals surface area contributed by atoms with E-state index in [0.717, 1.165) is 72.6 Å². The maximum atomic E-state index is 6.80. The van der Waals surface area contributed by atoms with Crippen molar-refractivity contribution in [2.75, 3.05) is 0 Å². The van der Waals surface area contributed by atoms with Gasteiger partial charge >= 0.3 is 0 Å². The third-order valence-corrected chi connectivity index (χ3v) is 10.7. The van der Waals surface area contributed by atoms with Crippen molar-refractivity contribution in [1.29, 1.82) is 0 Å². The van der Waals surface area contributed by atoms with Gasteiger partial charge in [-0.05, 0) is 84.9 Å².